The summed E-state index contributed by atoms with van der Waals surface area (Å²) in [6.07, 6.45) is 0.798. The lowest BCUT2D eigenvalue weighted by molar-refractivity contribution is -0.149. The third-order valence-electron chi connectivity index (χ3n) is 3.79. The Labute approximate surface area is 125 Å². The number of carboxylic acids is 1. The highest BCUT2D eigenvalue weighted by molar-refractivity contribution is 5.86. The lowest BCUT2D eigenvalue weighted by atomic mass is 10.1. The molecule has 1 unspecified atom stereocenters. The average molecular weight is 290 g/mol. The van der Waals surface area contributed by atoms with Crippen molar-refractivity contribution in [3.63, 3.8) is 0 Å². The molecule has 0 aromatic heterocycles. The maximum atomic E-state index is 12.6. The van der Waals surface area contributed by atoms with Crippen LogP contribution in [0.15, 0.2) is 30.3 Å². The summed E-state index contributed by atoms with van der Waals surface area (Å²) in [7, 11) is 0. The van der Waals surface area contributed by atoms with Crippen LogP contribution in [-0.4, -0.2) is 52.5 Å². The van der Waals surface area contributed by atoms with Gasteiger partial charge in [0, 0.05) is 19.6 Å². The molecular weight excluding hydrogens is 268 g/mol. The average Bonchev–Trinajstić information content (AvgIpc) is 2.47. The predicted octanol–water partition coefficient (Wildman–Crippen LogP) is 1.58. The Hall–Kier alpha value is -1.88. The fourth-order valence-electron chi connectivity index (χ4n) is 2.78. The van der Waals surface area contributed by atoms with E-state index in [1.807, 2.05) is 42.2 Å². The molecule has 0 spiro atoms. The first-order valence-electron chi connectivity index (χ1n) is 7.40. The van der Waals surface area contributed by atoms with Crippen LogP contribution in [0.2, 0.25) is 0 Å². The molecule has 0 radical (unpaired) electrons. The molecule has 0 saturated carbocycles. The molecule has 21 heavy (non-hydrogen) atoms. The van der Waals surface area contributed by atoms with Crippen LogP contribution in [0.3, 0.4) is 0 Å². The maximum Gasteiger partial charge on any atom is 0.305 e. The molecule has 2 rings (SSSR count). The van der Waals surface area contributed by atoms with E-state index in [2.05, 4.69) is 0 Å². The minimum absolute atomic E-state index is 0.0686. The van der Waals surface area contributed by atoms with Gasteiger partial charge >= 0.3 is 5.97 Å². The Morgan fingerprint density at radius 2 is 2.00 bits per heavy atom. The summed E-state index contributed by atoms with van der Waals surface area (Å²) in [5, 5.41) is 9.05. The van der Waals surface area contributed by atoms with Gasteiger partial charge in [-0.1, -0.05) is 37.3 Å². The summed E-state index contributed by atoms with van der Waals surface area (Å²) in [5.74, 6) is -0.989. The topological polar surface area (TPSA) is 60.9 Å². The van der Waals surface area contributed by atoms with E-state index in [1.54, 1.807) is 4.90 Å². The van der Waals surface area contributed by atoms with Gasteiger partial charge in [0.15, 0.2) is 0 Å². The smallest absolute Gasteiger partial charge is 0.305 e. The normalized spacial score (nSPS) is 19.8. The Balaban J connectivity index is 2.08. The summed E-state index contributed by atoms with van der Waals surface area (Å²) < 4.78 is 0. The number of amides is 1. The Morgan fingerprint density at radius 3 is 2.62 bits per heavy atom. The van der Waals surface area contributed by atoms with Gasteiger partial charge in [0.2, 0.25) is 5.91 Å². The summed E-state index contributed by atoms with van der Waals surface area (Å²) in [6, 6.07) is 9.28. The lowest BCUT2D eigenvalue weighted by Gasteiger charge is -2.40. The molecule has 1 aliphatic heterocycles. The second-order valence-electron chi connectivity index (χ2n) is 5.40. The minimum atomic E-state index is -0.920. The zero-order valence-electron chi connectivity index (χ0n) is 12.4. The van der Waals surface area contributed by atoms with Gasteiger partial charge in [0.25, 0.3) is 0 Å². The molecule has 0 aliphatic carbocycles. The Kier molecular flexibility index (Phi) is 5.33. The number of carbonyl (C=O) groups is 2. The standard InChI is InChI=1S/C16H22N2O3/c1-2-8-17-9-10-18(12-13-6-4-3-5-7-13)16(21)14(17)11-15(19)20/h3-7,14H,2,8-12H2,1H3,(H,19,20). The third kappa shape index (κ3) is 4.04. The molecule has 1 saturated heterocycles. The van der Waals surface area contributed by atoms with Crippen molar-refractivity contribution >= 4 is 11.9 Å². The highest BCUT2D eigenvalue weighted by Crippen LogP contribution is 2.17. The second kappa shape index (κ2) is 7.22. The van der Waals surface area contributed by atoms with Gasteiger partial charge in [-0.3, -0.25) is 14.5 Å². The molecular formula is C16H22N2O3. The molecule has 1 aromatic carbocycles. The number of piperazine rings is 1. The molecule has 0 bridgehead atoms. The number of hydrogen-bond donors (Lipinski definition) is 1. The van der Waals surface area contributed by atoms with Gasteiger partial charge in [0.05, 0.1) is 12.5 Å². The van der Waals surface area contributed by atoms with Crippen molar-refractivity contribution in [3.05, 3.63) is 35.9 Å². The highest BCUT2D eigenvalue weighted by atomic mass is 16.4. The third-order valence-corrected chi connectivity index (χ3v) is 3.79. The molecule has 114 valence electrons. The number of nitrogens with zero attached hydrogens (tertiary/aromatic N) is 2. The number of hydrogen-bond acceptors (Lipinski definition) is 3. The molecule has 1 amide bonds. The maximum absolute atomic E-state index is 12.6. The van der Waals surface area contributed by atoms with Crippen molar-refractivity contribution in [2.75, 3.05) is 19.6 Å². The van der Waals surface area contributed by atoms with Crippen LogP contribution >= 0.6 is 0 Å². The molecule has 1 heterocycles. The fraction of sp³-hybridized carbons (Fsp3) is 0.500. The molecule has 5 heteroatoms. The van der Waals surface area contributed by atoms with Crippen molar-refractivity contribution in [1.29, 1.82) is 0 Å². The summed E-state index contributed by atoms with van der Waals surface area (Å²) in [5.41, 5.74) is 1.07. The zero-order chi connectivity index (χ0) is 15.2. The Morgan fingerprint density at radius 1 is 1.29 bits per heavy atom. The minimum Gasteiger partial charge on any atom is -0.481 e. The van der Waals surface area contributed by atoms with Crippen LogP contribution in [-0.2, 0) is 16.1 Å². The van der Waals surface area contributed by atoms with Crippen molar-refractivity contribution in [2.45, 2.75) is 32.4 Å². The number of carboxylic acid groups (broad SMARTS) is 1. The van der Waals surface area contributed by atoms with Gasteiger partial charge in [-0.2, -0.15) is 0 Å². The van der Waals surface area contributed by atoms with E-state index in [-0.39, 0.29) is 12.3 Å². The van der Waals surface area contributed by atoms with Gasteiger partial charge in [0.1, 0.15) is 0 Å². The van der Waals surface area contributed by atoms with E-state index in [4.69, 9.17) is 5.11 Å². The monoisotopic (exact) mass is 290 g/mol. The molecule has 1 N–H and O–H groups in total. The zero-order valence-corrected chi connectivity index (χ0v) is 12.4. The van der Waals surface area contributed by atoms with Crippen LogP contribution in [0.25, 0.3) is 0 Å². The fourth-order valence-corrected chi connectivity index (χ4v) is 2.78. The molecule has 1 fully saturated rings. The molecule has 1 aliphatic rings. The predicted molar refractivity (Wildman–Crippen MR) is 79.8 cm³/mol. The molecule has 1 atom stereocenters. The summed E-state index contributed by atoms with van der Waals surface area (Å²) in [6.45, 7) is 4.76. The Bertz CT molecular complexity index is 490. The van der Waals surface area contributed by atoms with Crippen LogP contribution in [0.5, 0.6) is 0 Å². The second-order valence-corrected chi connectivity index (χ2v) is 5.40. The number of rotatable bonds is 6. The van der Waals surface area contributed by atoms with Gasteiger partial charge in [-0.15, -0.1) is 0 Å². The van der Waals surface area contributed by atoms with E-state index >= 15 is 0 Å². The van der Waals surface area contributed by atoms with Gasteiger partial charge < -0.3 is 10.0 Å². The van der Waals surface area contributed by atoms with E-state index in [9.17, 15) is 9.59 Å². The van der Waals surface area contributed by atoms with Crippen molar-refractivity contribution in [3.8, 4) is 0 Å². The summed E-state index contributed by atoms with van der Waals surface area (Å²) >= 11 is 0. The van der Waals surface area contributed by atoms with Crippen LogP contribution in [0.4, 0.5) is 0 Å². The first-order chi connectivity index (χ1) is 10.1. The number of aliphatic carboxylic acids is 1. The number of benzene rings is 1. The number of carbonyl (C=O) groups excluding carboxylic acids is 1. The van der Waals surface area contributed by atoms with E-state index in [0.29, 0.717) is 13.1 Å². The first kappa shape index (κ1) is 15.5. The van der Waals surface area contributed by atoms with Gasteiger partial charge in [-0.25, -0.2) is 0 Å². The van der Waals surface area contributed by atoms with Crippen LogP contribution < -0.4 is 0 Å². The quantitative estimate of drug-likeness (QED) is 0.864. The highest BCUT2D eigenvalue weighted by Gasteiger charge is 2.35. The molecule has 5 nitrogen and oxygen atoms in total. The SMILES string of the molecule is CCCN1CCN(Cc2ccccc2)C(=O)C1CC(=O)O. The van der Waals surface area contributed by atoms with Gasteiger partial charge in [-0.05, 0) is 18.5 Å². The van der Waals surface area contributed by atoms with Crippen molar-refractivity contribution in [1.82, 2.24) is 9.80 Å². The van der Waals surface area contributed by atoms with Crippen LogP contribution in [0.1, 0.15) is 25.3 Å². The lowest BCUT2D eigenvalue weighted by Crippen LogP contribution is -2.57. The largest absolute Gasteiger partial charge is 0.481 e. The summed E-state index contributed by atoms with van der Waals surface area (Å²) in [4.78, 5) is 27.4. The van der Waals surface area contributed by atoms with E-state index in [1.165, 1.54) is 0 Å². The first-order valence-corrected chi connectivity index (χ1v) is 7.40. The van der Waals surface area contributed by atoms with E-state index in [0.717, 1.165) is 25.1 Å². The molecule has 1 aromatic rings. The van der Waals surface area contributed by atoms with Crippen molar-refractivity contribution < 1.29 is 14.7 Å². The van der Waals surface area contributed by atoms with Crippen molar-refractivity contribution in [2.24, 2.45) is 0 Å². The van der Waals surface area contributed by atoms with Crippen LogP contribution in [0, 0.1) is 0 Å². The van der Waals surface area contributed by atoms with E-state index < -0.39 is 12.0 Å².